The van der Waals surface area contributed by atoms with E-state index in [0.29, 0.717) is 0 Å². The molecule has 0 fully saturated rings. The molecule has 1 aromatic heterocycles. The van der Waals surface area contributed by atoms with Gasteiger partial charge in [0.05, 0.1) is 5.69 Å². The number of hydrogen-bond acceptors (Lipinski definition) is 2. The Balaban J connectivity index is 0.000000433. The van der Waals surface area contributed by atoms with E-state index in [9.17, 15) is 0 Å². The number of benzene rings is 1. The van der Waals surface area contributed by atoms with Crippen LogP contribution in [0.3, 0.4) is 0 Å². The number of unbranched alkanes of at least 4 members (excludes halogenated alkanes) is 1. The summed E-state index contributed by atoms with van der Waals surface area (Å²) < 4.78 is 2.07. The lowest BCUT2D eigenvalue weighted by molar-refractivity contribution is 0.555. The van der Waals surface area contributed by atoms with Gasteiger partial charge in [-0.25, -0.2) is 4.68 Å². The summed E-state index contributed by atoms with van der Waals surface area (Å²) in [4.78, 5) is 0. The molecule has 0 amide bonds. The number of nitrogens with zero attached hydrogens (tertiary/aromatic N) is 2. The molecule has 0 spiro atoms. The predicted molar refractivity (Wildman–Crippen MR) is 99.5 cm³/mol. The SMILES string of the molecule is CCC(c1cc2n(n1)CCCN2)c1ccccc1Cl.CCCC. The van der Waals surface area contributed by atoms with Gasteiger partial charge in [0.25, 0.3) is 0 Å². The second-order valence-corrected chi connectivity index (χ2v) is 6.35. The molecule has 1 aliphatic heterocycles. The largest absolute Gasteiger partial charge is 0.370 e. The molecule has 1 atom stereocenters. The van der Waals surface area contributed by atoms with Crippen LogP contribution in [0.4, 0.5) is 5.82 Å². The molecule has 126 valence electrons. The molecule has 4 heteroatoms. The molecule has 3 nitrogen and oxygen atoms in total. The summed E-state index contributed by atoms with van der Waals surface area (Å²) in [5, 5.41) is 8.96. The zero-order chi connectivity index (χ0) is 16.7. The highest BCUT2D eigenvalue weighted by molar-refractivity contribution is 6.31. The summed E-state index contributed by atoms with van der Waals surface area (Å²) in [7, 11) is 0. The smallest absolute Gasteiger partial charge is 0.124 e. The van der Waals surface area contributed by atoms with Crippen LogP contribution in [0.2, 0.25) is 5.02 Å². The van der Waals surface area contributed by atoms with Crippen LogP contribution in [0.25, 0.3) is 0 Å². The van der Waals surface area contributed by atoms with Crippen molar-refractivity contribution in [1.82, 2.24) is 9.78 Å². The Labute approximate surface area is 145 Å². The fourth-order valence-corrected chi connectivity index (χ4v) is 2.98. The Bertz CT molecular complexity index is 581. The van der Waals surface area contributed by atoms with Gasteiger partial charge in [-0.3, -0.25) is 0 Å². The van der Waals surface area contributed by atoms with Crippen LogP contribution >= 0.6 is 11.6 Å². The van der Waals surface area contributed by atoms with Crippen molar-refractivity contribution in [3.63, 3.8) is 0 Å². The lowest BCUT2D eigenvalue weighted by Crippen LogP contribution is -2.17. The minimum atomic E-state index is 0.272. The lowest BCUT2D eigenvalue weighted by atomic mass is 9.93. The first-order valence-corrected chi connectivity index (χ1v) is 9.15. The van der Waals surface area contributed by atoms with E-state index in [2.05, 4.69) is 42.9 Å². The van der Waals surface area contributed by atoms with Gasteiger partial charge >= 0.3 is 0 Å². The predicted octanol–water partition coefficient (Wildman–Crippen LogP) is 5.70. The molecular weight excluding hydrogens is 306 g/mol. The summed E-state index contributed by atoms with van der Waals surface area (Å²) in [6, 6.07) is 10.2. The van der Waals surface area contributed by atoms with Gasteiger partial charge in [-0.15, -0.1) is 0 Å². The van der Waals surface area contributed by atoms with Crippen LogP contribution < -0.4 is 5.32 Å². The quantitative estimate of drug-likeness (QED) is 0.777. The van der Waals surface area contributed by atoms with E-state index in [-0.39, 0.29) is 5.92 Å². The van der Waals surface area contributed by atoms with Crippen LogP contribution in [-0.2, 0) is 6.54 Å². The third-order valence-electron chi connectivity index (χ3n) is 4.20. The number of nitrogens with one attached hydrogen (secondary N) is 1. The number of anilines is 1. The fourth-order valence-electron chi connectivity index (χ4n) is 2.71. The van der Waals surface area contributed by atoms with Crippen LogP contribution in [-0.4, -0.2) is 16.3 Å². The van der Waals surface area contributed by atoms with Crippen LogP contribution in [0.15, 0.2) is 30.3 Å². The molecule has 2 aromatic rings. The average molecular weight is 334 g/mol. The Kier molecular flexibility index (Phi) is 6.97. The number of fused-ring (bicyclic) bond motifs is 1. The van der Waals surface area contributed by atoms with Gasteiger partial charge in [0.1, 0.15) is 5.82 Å². The molecule has 1 aromatic carbocycles. The van der Waals surface area contributed by atoms with Gasteiger partial charge in [-0.05, 0) is 24.5 Å². The van der Waals surface area contributed by atoms with E-state index >= 15 is 0 Å². The van der Waals surface area contributed by atoms with Crippen molar-refractivity contribution in [2.45, 2.75) is 58.9 Å². The van der Waals surface area contributed by atoms with E-state index in [4.69, 9.17) is 16.7 Å². The molecule has 1 aliphatic rings. The minimum Gasteiger partial charge on any atom is -0.370 e. The maximum atomic E-state index is 6.32. The molecular formula is C19H28ClN3. The van der Waals surface area contributed by atoms with Gasteiger partial charge in [0.2, 0.25) is 0 Å². The molecule has 3 rings (SSSR count). The molecule has 23 heavy (non-hydrogen) atoms. The Hall–Kier alpha value is -1.48. The first-order chi connectivity index (χ1) is 11.2. The van der Waals surface area contributed by atoms with Crippen molar-refractivity contribution >= 4 is 17.4 Å². The number of halogens is 1. The van der Waals surface area contributed by atoms with Crippen LogP contribution in [0.5, 0.6) is 0 Å². The van der Waals surface area contributed by atoms with Crippen LogP contribution in [0, 0.1) is 0 Å². The zero-order valence-corrected chi connectivity index (χ0v) is 15.2. The molecule has 2 heterocycles. The molecule has 0 saturated heterocycles. The molecule has 1 N–H and O–H groups in total. The Morgan fingerprint density at radius 3 is 2.57 bits per heavy atom. The van der Waals surface area contributed by atoms with Crippen molar-refractivity contribution < 1.29 is 0 Å². The van der Waals surface area contributed by atoms with E-state index in [0.717, 1.165) is 42.5 Å². The standard InChI is InChI=1S/C15H18ClN3.C4H10/c1-2-11(12-6-3-4-7-13(12)16)14-10-15-17-8-5-9-19(15)18-14;1-3-4-2/h3-4,6-7,10-11,17H,2,5,8-9H2,1H3;3-4H2,1-2H3. The number of rotatable bonds is 4. The second-order valence-electron chi connectivity index (χ2n) is 5.94. The highest BCUT2D eigenvalue weighted by Crippen LogP contribution is 2.33. The van der Waals surface area contributed by atoms with Crippen molar-refractivity contribution in [2.24, 2.45) is 0 Å². The normalized spacial score (nSPS) is 14.3. The molecule has 1 unspecified atom stereocenters. The van der Waals surface area contributed by atoms with E-state index in [1.807, 2.05) is 18.2 Å². The second kappa shape index (κ2) is 8.97. The Morgan fingerprint density at radius 1 is 1.22 bits per heavy atom. The van der Waals surface area contributed by atoms with E-state index in [1.165, 1.54) is 18.4 Å². The van der Waals surface area contributed by atoms with Crippen molar-refractivity contribution in [3.8, 4) is 0 Å². The topological polar surface area (TPSA) is 29.9 Å². The first kappa shape index (κ1) is 17.9. The van der Waals surface area contributed by atoms with Gasteiger partial charge in [-0.2, -0.15) is 5.10 Å². The molecule has 0 bridgehead atoms. The number of hydrogen-bond donors (Lipinski definition) is 1. The summed E-state index contributed by atoms with van der Waals surface area (Å²) in [6.45, 7) is 8.58. The monoisotopic (exact) mass is 333 g/mol. The minimum absolute atomic E-state index is 0.272. The van der Waals surface area contributed by atoms with Crippen LogP contribution in [0.1, 0.15) is 63.6 Å². The van der Waals surface area contributed by atoms with Gasteiger partial charge in [-0.1, -0.05) is 63.4 Å². The van der Waals surface area contributed by atoms with Gasteiger partial charge in [0, 0.05) is 30.1 Å². The third-order valence-corrected chi connectivity index (χ3v) is 4.54. The van der Waals surface area contributed by atoms with Gasteiger partial charge in [0.15, 0.2) is 0 Å². The fraction of sp³-hybridized carbons (Fsp3) is 0.526. The molecule has 0 saturated carbocycles. The zero-order valence-electron chi connectivity index (χ0n) is 14.5. The first-order valence-electron chi connectivity index (χ1n) is 8.77. The maximum absolute atomic E-state index is 6.32. The number of aromatic nitrogens is 2. The van der Waals surface area contributed by atoms with E-state index < -0.39 is 0 Å². The van der Waals surface area contributed by atoms with Crippen molar-refractivity contribution in [1.29, 1.82) is 0 Å². The summed E-state index contributed by atoms with van der Waals surface area (Å²) in [5.41, 5.74) is 2.28. The highest BCUT2D eigenvalue weighted by atomic mass is 35.5. The maximum Gasteiger partial charge on any atom is 0.124 e. The summed E-state index contributed by atoms with van der Waals surface area (Å²) in [5.74, 6) is 1.40. The van der Waals surface area contributed by atoms with Crippen molar-refractivity contribution in [3.05, 3.63) is 46.6 Å². The number of aryl methyl sites for hydroxylation is 1. The summed E-state index contributed by atoms with van der Waals surface area (Å²) in [6.07, 6.45) is 4.77. The summed E-state index contributed by atoms with van der Waals surface area (Å²) >= 11 is 6.32. The third kappa shape index (κ3) is 4.51. The molecule has 0 radical (unpaired) electrons. The van der Waals surface area contributed by atoms with E-state index in [1.54, 1.807) is 0 Å². The Morgan fingerprint density at radius 2 is 1.96 bits per heavy atom. The average Bonchev–Trinajstić information content (AvgIpc) is 3.01. The van der Waals surface area contributed by atoms with Crippen molar-refractivity contribution in [2.75, 3.05) is 11.9 Å². The molecule has 0 aliphatic carbocycles. The highest BCUT2D eigenvalue weighted by Gasteiger charge is 2.20. The lowest BCUT2D eigenvalue weighted by Gasteiger charge is -2.15. The van der Waals surface area contributed by atoms with Gasteiger partial charge < -0.3 is 5.32 Å².